The lowest BCUT2D eigenvalue weighted by molar-refractivity contribution is -0.135. The average Bonchev–Trinajstić information content (AvgIpc) is 3.31. The molecule has 1 saturated heterocycles. The average molecular weight is 403 g/mol. The van der Waals surface area contributed by atoms with E-state index in [1.807, 2.05) is 6.92 Å². The SMILES string of the molecule is CCNC(=NCCCn1nc(C)cc1C)NC1CCN(C(=O)C2CCCCC2)C1. The number of nitrogens with zero attached hydrogens (tertiary/aromatic N) is 4. The quantitative estimate of drug-likeness (QED) is 0.418. The van der Waals surface area contributed by atoms with Crippen molar-refractivity contribution in [1.29, 1.82) is 0 Å². The lowest BCUT2D eigenvalue weighted by Gasteiger charge is -2.26. The first-order chi connectivity index (χ1) is 14.1. The lowest BCUT2D eigenvalue weighted by atomic mass is 9.88. The molecule has 1 saturated carbocycles. The van der Waals surface area contributed by atoms with Gasteiger partial charge in [0.25, 0.3) is 0 Å². The number of hydrogen-bond acceptors (Lipinski definition) is 3. The molecule has 1 aromatic heterocycles. The first kappa shape index (κ1) is 21.7. The molecule has 0 aromatic carbocycles. The third-order valence-electron chi connectivity index (χ3n) is 6.04. The van der Waals surface area contributed by atoms with Gasteiger partial charge in [-0.1, -0.05) is 19.3 Å². The first-order valence-electron chi connectivity index (χ1n) is 11.4. The second-order valence-electron chi connectivity index (χ2n) is 8.51. The summed E-state index contributed by atoms with van der Waals surface area (Å²) >= 11 is 0. The Morgan fingerprint density at radius 1 is 1.24 bits per heavy atom. The van der Waals surface area contributed by atoms with Gasteiger partial charge >= 0.3 is 0 Å². The van der Waals surface area contributed by atoms with E-state index < -0.39 is 0 Å². The second-order valence-corrected chi connectivity index (χ2v) is 8.51. The van der Waals surface area contributed by atoms with Gasteiger partial charge in [-0.05, 0) is 52.5 Å². The molecule has 1 aliphatic carbocycles. The van der Waals surface area contributed by atoms with Crippen molar-refractivity contribution in [3.63, 3.8) is 0 Å². The fraction of sp³-hybridized carbons (Fsp3) is 0.773. The van der Waals surface area contributed by atoms with Crippen LogP contribution in [-0.4, -0.2) is 58.8 Å². The minimum absolute atomic E-state index is 0.263. The van der Waals surface area contributed by atoms with E-state index >= 15 is 0 Å². The molecule has 0 spiro atoms. The van der Waals surface area contributed by atoms with Crippen LogP contribution in [0.25, 0.3) is 0 Å². The van der Waals surface area contributed by atoms with Gasteiger partial charge in [0.05, 0.1) is 5.69 Å². The summed E-state index contributed by atoms with van der Waals surface area (Å²) in [5, 5.41) is 11.4. The van der Waals surface area contributed by atoms with Gasteiger partial charge in [-0.25, -0.2) is 0 Å². The summed E-state index contributed by atoms with van der Waals surface area (Å²) in [6, 6.07) is 2.39. The van der Waals surface area contributed by atoms with Crippen molar-refractivity contribution < 1.29 is 4.79 Å². The minimum atomic E-state index is 0.263. The molecule has 1 unspecified atom stereocenters. The monoisotopic (exact) mass is 402 g/mol. The van der Waals surface area contributed by atoms with E-state index in [4.69, 9.17) is 4.99 Å². The van der Waals surface area contributed by atoms with Crippen LogP contribution in [0.2, 0.25) is 0 Å². The zero-order chi connectivity index (χ0) is 20.6. The predicted octanol–water partition coefficient (Wildman–Crippen LogP) is 2.63. The Balaban J connectivity index is 1.45. The van der Waals surface area contributed by atoms with Gasteiger partial charge in [0.15, 0.2) is 5.96 Å². The number of aromatic nitrogens is 2. The highest BCUT2D eigenvalue weighted by Crippen LogP contribution is 2.26. The number of carbonyl (C=O) groups is 1. The van der Waals surface area contributed by atoms with Crippen LogP contribution in [0.3, 0.4) is 0 Å². The minimum Gasteiger partial charge on any atom is -0.357 e. The standard InChI is InChI=1S/C22H38N6O/c1-4-23-22(24-12-8-13-28-18(3)15-17(2)26-28)25-20-11-14-27(16-20)21(29)19-9-6-5-7-10-19/h15,19-20H,4-14,16H2,1-3H3,(H2,23,24,25). The molecule has 7 heteroatoms. The number of rotatable bonds is 7. The topological polar surface area (TPSA) is 74.6 Å². The van der Waals surface area contributed by atoms with Crippen molar-refractivity contribution in [2.24, 2.45) is 10.9 Å². The highest BCUT2D eigenvalue weighted by Gasteiger charge is 2.31. The molecule has 2 fully saturated rings. The van der Waals surface area contributed by atoms with Crippen LogP contribution in [0.4, 0.5) is 0 Å². The summed E-state index contributed by atoms with van der Waals surface area (Å²) in [5.41, 5.74) is 2.26. The fourth-order valence-corrected chi connectivity index (χ4v) is 4.51. The van der Waals surface area contributed by atoms with Gasteiger partial charge in [0, 0.05) is 50.4 Å². The fourth-order valence-electron chi connectivity index (χ4n) is 4.51. The number of aliphatic imine (C=N–C) groups is 1. The number of likely N-dealkylation sites (tertiary alicyclic amines) is 1. The normalized spacial score (nSPS) is 20.9. The zero-order valence-corrected chi connectivity index (χ0v) is 18.4. The zero-order valence-electron chi connectivity index (χ0n) is 18.4. The molecule has 162 valence electrons. The predicted molar refractivity (Wildman–Crippen MR) is 117 cm³/mol. The third-order valence-corrected chi connectivity index (χ3v) is 6.04. The number of aryl methyl sites for hydroxylation is 3. The molecular formula is C22H38N6O. The highest BCUT2D eigenvalue weighted by molar-refractivity contribution is 5.81. The number of carbonyl (C=O) groups excluding carboxylic acids is 1. The van der Waals surface area contributed by atoms with E-state index in [1.165, 1.54) is 25.0 Å². The first-order valence-corrected chi connectivity index (χ1v) is 11.4. The summed E-state index contributed by atoms with van der Waals surface area (Å²) in [4.78, 5) is 19.6. The van der Waals surface area contributed by atoms with Gasteiger partial charge in [-0.15, -0.1) is 0 Å². The second kappa shape index (κ2) is 10.6. The Morgan fingerprint density at radius 3 is 2.72 bits per heavy atom. The van der Waals surface area contributed by atoms with Crippen LogP contribution in [0.1, 0.15) is 63.3 Å². The van der Waals surface area contributed by atoms with Crippen molar-refractivity contribution in [1.82, 2.24) is 25.3 Å². The van der Waals surface area contributed by atoms with E-state index in [9.17, 15) is 4.79 Å². The van der Waals surface area contributed by atoms with Crippen LogP contribution in [-0.2, 0) is 11.3 Å². The molecular weight excluding hydrogens is 364 g/mol. The summed E-state index contributed by atoms with van der Waals surface area (Å²) < 4.78 is 2.05. The molecule has 1 aliphatic heterocycles. The maximum atomic E-state index is 12.8. The molecule has 7 nitrogen and oxygen atoms in total. The molecule has 2 N–H and O–H groups in total. The van der Waals surface area contributed by atoms with Gasteiger partial charge in [0.1, 0.15) is 0 Å². The van der Waals surface area contributed by atoms with E-state index in [0.29, 0.717) is 5.91 Å². The Hall–Kier alpha value is -2.05. The van der Waals surface area contributed by atoms with E-state index in [2.05, 4.69) is 45.2 Å². The van der Waals surface area contributed by atoms with Crippen molar-refractivity contribution >= 4 is 11.9 Å². The van der Waals surface area contributed by atoms with Gasteiger partial charge in [-0.2, -0.15) is 5.10 Å². The van der Waals surface area contributed by atoms with Crippen LogP contribution in [0.5, 0.6) is 0 Å². The molecule has 3 rings (SSSR count). The molecule has 2 heterocycles. The molecule has 0 radical (unpaired) electrons. The Morgan fingerprint density at radius 2 is 2.03 bits per heavy atom. The van der Waals surface area contributed by atoms with Crippen molar-refractivity contribution in [3.8, 4) is 0 Å². The van der Waals surface area contributed by atoms with Crippen LogP contribution in [0, 0.1) is 19.8 Å². The van der Waals surface area contributed by atoms with Crippen molar-refractivity contribution in [2.75, 3.05) is 26.2 Å². The molecule has 1 amide bonds. The van der Waals surface area contributed by atoms with E-state index in [0.717, 1.165) is 70.1 Å². The summed E-state index contributed by atoms with van der Waals surface area (Å²) in [6.07, 6.45) is 7.81. The van der Waals surface area contributed by atoms with E-state index in [1.54, 1.807) is 0 Å². The number of nitrogens with one attached hydrogen (secondary N) is 2. The molecule has 1 atom stereocenters. The molecule has 2 aliphatic rings. The lowest BCUT2D eigenvalue weighted by Crippen LogP contribution is -2.45. The maximum Gasteiger partial charge on any atom is 0.225 e. The summed E-state index contributed by atoms with van der Waals surface area (Å²) in [6.45, 7) is 10.3. The molecule has 0 bridgehead atoms. The summed E-state index contributed by atoms with van der Waals surface area (Å²) in [7, 11) is 0. The van der Waals surface area contributed by atoms with E-state index in [-0.39, 0.29) is 12.0 Å². The smallest absolute Gasteiger partial charge is 0.225 e. The summed E-state index contributed by atoms with van der Waals surface area (Å²) in [5.74, 6) is 1.50. The van der Waals surface area contributed by atoms with Gasteiger partial charge in [-0.3, -0.25) is 14.5 Å². The number of hydrogen-bond donors (Lipinski definition) is 2. The van der Waals surface area contributed by atoms with Crippen molar-refractivity contribution in [2.45, 2.75) is 78.3 Å². The Bertz CT molecular complexity index is 691. The van der Waals surface area contributed by atoms with Crippen LogP contribution >= 0.6 is 0 Å². The van der Waals surface area contributed by atoms with Gasteiger partial charge in [0.2, 0.25) is 5.91 Å². The van der Waals surface area contributed by atoms with Crippen molar-refractivity contribution in [3.05, 3.63) is 17.5 Å². The van der Waals surface area contributed by atoms with Crippen LogP contribution < -0.4 is 10.6 Å². The largest absolute Gasteiger partial charge is 0.357 e. The van der Waals surface area contributed by atoms with Crippen LogP contribution in [0.15, 0.2) is 11.1 Å². The molecule has 1 aromatic rings. The number of amides is 1. The molecule has 29 heavy (non-hydrogen) atoms. The maximum absolute atomic E-state index is 12.8. The third kappa shape index (κ3) is 6.21. The Labute approximate surface area is 175 Å². The van der Waals surface area contributed by atoms with Gasteiger partial charge < -0.3 is 15.5 Å². The Kier molecular flexibility index (Phi) is 7.95. The number of guanidine groups is 1. The highest BCUT2D eigenvalue weighted by atomic mass is 16.2.